The quantitative estimate of drug-likeness (QED) is 0.540. The smallest absolute Gasteiger partial charge is 0.289 e. The fourth-order valence-electron chi connectivity index (χ4n) is 4.48. The summed E-state index contributed by atoms with van der Waals surface area (Å²) in [6.45, 7) is 6.99. The first-order chi connectivity index (χ1) is 16.2. The number of sulfonamides is 1. The second-order valence-electron chi connectivity index (χ2n) is 8.96. The van der Waals surface area contributed by atoms with Crippen LogP contribution in [0, 0.1) is 20.8 Å². The van der Waals surface area contributed by atoms with Gasteiger partial charge in [0.05, 0.1) is 7.11 Å². The summed E-state index contributed by atoms with van der Waals surface area (Å²) in [5.41, 5.74) is 3.16. The number of fused-ring (bicyclic) bond motifs is 1. The normalized spacial score (nSPS) is 14.9. The lowest BCUT2D eigenvalue weighted by Crippen LogP contribution is -2.31. The molecule has 34 heavy (non-hydrogen) atoms. The molecular formula is C26H32N2O5S. The molecular weight excluding hydrogens is 452 g/mol. The monoisotopic (exact) mass is 484 g/mol. The molecule has 0 saturated carbocycles. The van der Waals surface area contributed by atoms with Crippen LogP contribution >= 0.6 is 0 Å². The van der Waals surface area contributed by atoms with Crippen LogP contribution in [0.5, 0.6) is 5.75 Å². The number of ether oxygens (including phenoxy) is 1. The fourth-order valence-corrected chi connectivity index (χ4v) is 5.94. The number of aryl methyl sites for hydroxylation is 2. The summed E-state index contributed by atoms with van der Waals surface area (Å²) in [6, 6.07) is 9.11. The number of nitrogens with one attached hydrogen (secondary N) is 1. The van der Waals surface area contributed by atoms with Gasteiger partial charge < -0.3 is 14.1 Å². The van der Waals surface area contributed by atoms with Crippen LogP contribution in [0.1, 0.15) is 58.5 Å². The summed E-state index contributed by atoms with van der Waals surface area (Å²) >= 11 is 0. The predicted octanol–water partition coefficient (Wildman–Crippen LogP) is 4.86. The molecule has 1 fully saturated rings. The predicted molar refractivity (Wildman–Crippen MR) is 132 cm³/mol. The van der Waals surface area contributed by atoms with Crippen molar-refractivity contribution in [3.63, 3.8) is 0 Å². The molecule has 0 spiro atoms. The third-order valence-corrected chi connectivity index (χ3v) is 8.23. The Hall–Kier alpha value is -2.84. The molecule has 8 heteroatoms. The topological polar surface area (TPSA) is 88.8 Å². The highest BCUT2D eigenvalue weighted by atomic mass is 32.2. The van der Waals surface area contributed by atoms with E-state index in [0.29, 0.717) is 35.4 Å². The van der Waals surface area contributed by atoms with Crippen molar-refractivity contribution >= 4 is 26.9 Å². The molecule has 1 aromatic heterocycles. The molecule has 1 N–H and O–H groups in total. The molecule has 0 bridgehead atoms. The number of nitrogens with zero attached hydrogens (tertiary/aromatic N) is 1. The van der Waals surface area contributed by atoms with Crippen molar-refractivity contribution in [1.82, 2.24) is 9.62 Å². The molecule has 1 saturated heterocycles. The molecule has 0 atom stereocenters. The Morgan fingerprint density at radius 2 is 1.68 bits per heavy atom. The molecule has 0 radical (unpaired) electrons. The highest BCUT2D eigenvalue weighted by Crippen LogP contribution is 2.35. The summed E-state index contributed by atoms with van der Waals surface area (Å²) in [6.07, 6.45) is 4.17. The number of amides is 1. The zero-order valence-corrected chi connectivity index (χ0v) is 21.0. The van der Waals surface area contributed by atoms with Crippen molar-refractivity contribution in [1.29, 1.82) is 0 Å². The van der Waals surface area contributed by atoms with Crippen LogP contribution in [0.15, 0.2) is 39.6 Å². The van der Waals surface area contributed by atoms with E-state index in [1.54, 1.807) is 26.2 Å². The third kappa shape index (κ3) is 4.70. The van der Waals surface area contributed by atoms with E-state index in [2.05, 4.69) is 4.72 Å². The number of rotatable bonds is 6. The van der Waals surface area contributed by atoms with Gasteiger partial charge in [-0.3, -0.25) is 4.79 Å². The molecule has 0 unspecified atom stereocenters. The van der Waals surface area contributed by atoms with E-state index >= 15 is 0 Å². The van der Waals surface area contributed by atoms with E-state index in [0.717, 1.165) is 36.8 Å². The largest absolute Gasteiger partial charge is 0.497 e. The number of hydrogen-bond acceptors (Lipinski definition) is 5. The van der Waals surface area contributed by atoms with Crippen LogP contribution in [0.2, 0.25) is 0 Å². The van der Waals surface area contributed by atoms with E-state index in [4.69, 9.17) is 9.15 Å². The van der Waals surface area contributed by atoms with Crippen LogP contribution < -0.4 is 9.46 Å². The van der Waals surface area contributed by atoms with Gasteiger partial charge in [0.2, 0.25) is 10.0 Å². The zero-order valence-electron chi connectivity index (χ0n) is 20.2. The van der Waals surface area contributed by atoms with Crippen molar-refractivity contribution in [2.24, 2.45) is 0 Å². The molecule has 1 aliphatic rings. The molecule has 0 aliphatic carbocycles. The standard InChI is InChI=1S/C26H32N2O5S/c1-17-15-22-19(3)23(26(29)28-13-7-5-6-8-14-28)33-24(22)25(18(17)2)34(30,31)27-16-20-9-11-21(32-4)12-10-20/h9-12,15,27H,5-8,13-14,16H2,1-4H3. The Balaban J connectivity index is 1.71. The molecule has 3 aromatic rings. The summed E-state index contributed by atoms with van der Waals surface area (Å²) in [4.78, 5) is 15.2. The van der Waals surface area contributed by atoms with Gasteiger partial charge in [-0.1, -0.05) is 25.0 Å². The lowest BCUT2D eigenvalue weighted by atomic mass is 10.0. The number of furan rings is 1. The number of benzene rings is 2. The van der Waals surface area contributed by atoms with Crippen molar-refractivity contribution in [2.45, 2.75) is 57.9 Å². The van der Waals surface area contributed by atoms with Crippen molar-refractivity contribution in [2.75, 3.05) is 20.2 Å². The first kappa shape index (κ1) is 24.3. The third-order valence-electron chi connectivity index (χ3n) is 6.67. The SMILES string of the molecule is COc1ccc(CNS(=O)(=O)c2c(C)c(C)cc3c(C)c(C(=O)N4CCCCCC4)oc23)cc1. The Labute approximate surface area is 201 Å². The van der Waals surface area contributed by atoms with E-state index in [-0.39, 0.29) is 28.7 Å². The average molecular weight is 485 g/mol. The van der Waals surface area contributed by atoms with Gasteiger partial charge in [-0.2, -0.15) is 0 Å². The van der Waals surface area contributed by atoms with Gasteiger partial charge in [0.15, 0.2) is 11.3 Å². The average Bonchev–Trinajstić information content (AvgIpc) is 2.99. The Bertz CT molecular complexity index is 1300. The summed E-state index contributed by atoms with van der Waals surface area (Å²) in [7, 11) is -2.33. The van der Waals surface area contributed by atoms with Gasteiger partial charge >= 0.3 is 0 Å². The second-order valence-corrected chi connectivity index (χ2v) is 10.7. The van der Waals surface area contributed by atoms with Crippen LogP contribution in [-0.2, 0) is 16.6 Å². The maximum Gasteiger partial charge on any atom is 0.289 e. The van der Waals surface area contributed by atoms with Crippen LogP contribution in [0.25, 0.3) is 11.0 Å². The van der Waals surface area contributed by atoms with Gasteiger partial charge in [0.25, 0.3) is 5.91 Å². The molecule has 1 aliphatic heterocycles. The summed E-state index contributed by atoms with van der Waals surface area (Å²) in [5, 5.41) is 0.658. The molecule has 2 heterocycles. The highest BCUT2D eigenvalue weighted by Gasteiger charge is 2.29. The van der Waals surface area contributed by atoms with E-state index in [1.807, 2.05) is 36.9 Å². The van der Waals surface area contributed by atoms with Crippen molar-refractivity contribution in [3.8, 4) is 5.75 Å². The number of likely N-dealkylation sites (tertiary alicyclic amines) is 1. The molecule has 4 rings (SSSR count). The van der Waals surface area contributed by atoms with Gasteiger partial charge in [-0.25, -0.2) is 13.1 Å². The highest BCUT2D eigenvalue weighted by molar-refractivity contribution is 7.89. The fraction of sp³-hybridized carbons (Fsp3) is 0.423. The summed E-state index contributed by atoms with van der Waals surface area (Å²) in [5.74, 6) is 0.768. The minimum Gasteiger partial charge on any atom is -0.497 e. The van der Waals surface area contributed by atoms with Crippen LogP contribution in [-0.4, -0.2) is 39.4 Å². The van der Waals surface area contributed by atoms with E-state index in [9.17, 15) is 13.2 Å². The maximum atomic E-state index is 13.5. The van der Waals surface area contributed by atoms with Gasteiger partial charge in [0, 0.05) is 30.6 Å². The molecule has 7 nitrogen and oxygen atoms in total. The first-order valence-corrected chi connectivity index (χ1v) is 13.2. The van der Waals surface area contributed by atoms with Gasteiger partial charge in [-0.05, 0) is 68.5 Å². The number of methoxy groups -OCH3 is 1. The first-order valence-electron chi connectivity index (χ1n) is 11.7. The minimum atomic E-state index is -3.91. The van der Waals surface area contributed by atoms with Crippen molar-refractivity contribution < 1.29 is 22.4 Å². The Morgan fingerprint density at radius 3 is 2.29 bits per heavy atom. The number of carbonyl (C=O) groups excluding carboxylic acids is 1. The Morgan fingerprint density at radius 1 is 1.03 bits per heavy atom. The molecule has 1 amide bonds. The maximum absolute atomic E-state index is 13.5. The number of hydrogen-bond donors (Lipinski definition) is 1. The van der Waals surface area contributed by atoms with Crippen molar-refractivity contribution in [3.05, 3.63) is 58.3 Å². The lowest BCUT2D eigenvalue weighted by Gasteiger charge is -2.19. The zero-order chi connectivity index (χ0) is 24.5. The minimum absolute atomic E-state index is 0.0917. The summed E-state index contributed by atoms with van der Waals surface area (Å²) < 4.78 is 40.8. The van der Waals surface area contributed by atoms with E-state index in [1.165, 1.54) is 0 Å². The number of carbonyl (C=O) groups is 1. The van der Waals surface area contributed by atoms with E-state index < -0.39 is 10.0 Å². The van der Waals surface area contributed by atoms with Gasteiger partial charge in [-0.15, -0.1) is 0 Å². The van der Waals surface area contributed by atoms with Gasteiger partial charge in [0.1, 0.15) is 10.6 Å². The van der Waals surface area contributed by atoms with Crippen LogP contribution in [0.3, 0.4) is 0 Å². The second kappa shape index (κ2) is 9.80. The molecule has 2 aromatic carbocycles. The lowest BCUT2D eigenvalue weighted by molar-refractivity contribution is 0.0731. The Kier molecular flexibility index (Phi) is 7.00. The molecule has 182 valence electrons. The van der Waals surface area contributed by atoms with Crippen LogP contribution in [0.4, 0.5) is 0 Å².